The Kier molecular flexibility index (Phi) is 6.76. The van der Waals surface area contributed by atoms with E-state index in [0.29, 0.717) is 30.3 Å². The molecule has 0 aliphatic rings. The maximum Gasteiger partial charge on any atom is 0.226 e. The summed E-state index contributed by atoms with van der Waals surface area (Å²) in [5.74, 6) is 0.116. The number of anilines is 1. The first-order valence-electron chi connectivity index (χ1n) is 7.46. The van der Waals surface area contributed by atoms with E-state index in [0.717, 1.165) is 0 Å². The molecule has 1 aromatic carbocycles. The molecule has 5 nitrogen and oxygen atoms in total. The fraction of sp³-hybridized carbons (Fsp3) is 0.471. The number of rotatable bonds is 7. The van der Waals surface area contributed by atoms with Crippen molar-refractivity contribution >= 4 is 23.3 Å². The smallest absolute Gasteiger partial charge is 0.226 e. The maximum atomic E-state index is 12.0. The van der Waals surface area contributed by atoms with Gasteiger partial charge in [-0.05, 0) is 25.0 Å². The van der Waals surface area contributed by atoms with Crippen LogP contribution in [0.1, 0.15) is 44.5 Å². The molecule has 5 heteroatoms. The van der Waals surface area contributed by atoms with Gasteiger partial charge in [0.25, 0.3) is 0 Å². The number of Topliss-reactive ketones (excluding diaryl/α,β-unsaturated/α-hetero) is 1. The predicted molar refractivity (Wildman–Crippen MR) is 86.8 cm³/mol. The molecule has 0 saturated carbocycles. The van der Waals surface area contributed by atoms with Crippen molar-refractivity contribution in [1.82, 2.24) is 4.90 Å². The van der Waals surface area contributed by atoms with Crippen LogP contribution >= 0.6 is 0 Å². The number of hydrogen-bond acceptors (Lipinski definition) is 3. The maximum absolute atomic E-state index is 12.0. The van der Waals surface area contributed by atoms with E-state index < -0.39 is 0 Å². The van der Waals surface area contributed by atoms with Gasteiger partial charge in [0.05, 0.1) is 0 Å². The second-order valence-electron chi connectivity index (χ2n) is 5.79. The average molecular weight is 304 g/mol. The zero-order valence-corrected chi connectivity index (χ0v) is 13.7. The van der Waals surface area contributed by atoms with E-state index in [9.17, 15) is 14.4 Å². The van der Waals surface area contributed by atoms with Crippen LogP contribution in [-0.2, 0) is 9.59 Å². The van der Waals surface area contributed by atoms with Gasteiger partial charge in [-0.1, -0.05) is 26.0 Å². The first-order valence-corrected chi connectivity index (χ1v) is 7.46. The Balaban J connectivity index is 2.57. The number of ketones is 1. The fourth-order valence-electron chi connectivity index (χ4n) is 2.09. The lowest BCUT2D eigenvalue weighted by Gasteiger charge is -2.22. The van der Waals surface area contributed by atoms with Gasteiger partial charge in [-0.3, -0.25) is 14.4 Å². The molecule has 0 spiro atoms. The quantitative estimate of drug-likeness (QED) is 0.788. The van der Waals surface area contributed by atoms with Crippen molar-refractivity contribution in [2.24, 2.45) is 5.92 Å². The summed E-state index contributed by atoms with van der Waals surface area (Å²) in [6.45, 7) is 8.09. The first kappa shape index (κ1) is 17.9. The highest BCUT2D eigenvalue weighted by Crippen LogP contribution is 2.11. The third-order valence-electron chi connectivity index (χ3n) is 3.19. The molecule has 0 bridgehead atoms. The number of carbonyl (C=O) groups excluding carboxylic acids is 3. The van der Waals surface area contributed by atoms with E-state index in [1.54, 1.807) is 29.2 Å². The summed E-state index contributed by atoms with van der Waals surface area (Å²) in [7, 11) is 0. The van der Waals surface area contributed by atoms with Gasteiger partial charge in [0.2, 0.25) is 11.8 Å². The van der Waals surface area contributed by atoms with Crippen molar-refractivity contribution in [2.75, 3.05) is 18.4 Å². The van der Waals surface area contributed by atoms with E-state index in [1.165, 1.54) is 13.8 Å². The minimum absolute atomic E-state index is 0.0277. The van der Waals surface area contributed by atoms with E-state index in [4.69, 9.17) is 0 Å². The van der Waals surface area contributed by atoms with Gasteiger partial charge in [0.1, 0.15) is 0 Å². The van der Waals surface area contributed by atoms with Gasteiger partial charge in [-0.25, -0.2) is 0 Å². The minimum Gasteiger partial charge on any atom is -0.342 e. The van der Waals surface area contributed by atoms with E-state index in [2.05, 4.69) is 5.32 Å². The SMILES string of the molecule is CC(=O)c1cccc(NC(=O)CCN(CC(C)C)C(C)=O)c1. The van der Waals surface area contributed by atoms with Gasteiger partial charge >= 0.3 is 0 Å². The molecule has 0 atom stereocenters. The Labute approximate surface area is 131 Å². The zero-order valence-electron chi connectivity index (χ0n) is 13.7. The molecule has 22 heavy (non-hydrogen) atoms. The van der Waals surface area contributed by atoms with Crippen molar-refractivity contribution < 1.29 is 14.4 Å². The summed E-state index contributed by atoms with van der Waals surface area (Å²) in [6.07, 6.45) is 0.233. The van der Waals surface area contributed by atoms with Crippen molar-refractivity contribution in [3.05, 3.63) is 29.8 Å². The fourth-order valence-corrected chi connectivity index (χ4v) is 2.09. The van der Waals surface area contributed by atoms with Gasteiger partial charge in [-0.2, -0.15) is 0 Å². The van der Waals surface area contributed by atoms with Crippen LogP contribution in [0.3, 0.4) is 0 Å². The molecule has 1 aromatic rings. The van der Waals surface area contributed by atoms with Crippen LogP contribution in [0.4, 0.5) is 5.69 Å². The third kappa shape index (κ3) is 6.08. The molecule has 0 unspecified atom stereocenters. The van der Waals surface area contributed by atoms with Crippen LogP contribution < -0.4 is 5.32 Å². The highest BCUT2D eigenvalue weighted by Gasteiger charge is 2.13. The Morgan fingerprint density at radius 3 is 2.41 bits per heavy atom. The largest absolute Gasteiger partial charge is 0.342 e. The highest BCUT2D eigenvalue weighted by molar-refractivity contribution is 5.97. The summed E-state index contributed by atoms with van der Waals surface area (Å²) in [6, 6.07) is 6.82. The molecule has 1 N–H and O–H groups in total. The molecule has 0 saturated heterocycles. The van der Waals surface area contributed by atoms with E-state index in [1.807, 2.05) is 13.8 Å². The normalized spacial score (nSPS) is 10.4. The second kappa shape index (κ2) is 8.32. The second-order valence-corrected chi connectivity index (χ2v) is 5.79. The minimum atomic E-state index is -0.171. The monoisotopic (exact) mass is 304 g/mol. The van der Waals surface area contributed by atoms with Crippen LogP contribution in [0.2, 0.25) is 0 Å². The van der Waals surface area contributed by atoms with Crippen molar-refractivity contribution in [2.45, 2.75) is 34.1 Å². The topological polar surface area (TPSA) is 66.5 Å². The van der Waals surface area contributed by atoms with Gasteiger partial charge < -0.3 is 10.2 Å². The van der Waals surface area contributed by atoms with Crippen molar-refractivity contribution in [3.8, 4) is 0 Å². The summed E-state index contributed by atoms with van der Waals surface area (Å²) in [5.41, 5.74) is 1.15. The molecule has 2 amide bonds. The summed E-state index contributed by atoms with van der Waals surface area (Å²) in [5, 5.41) is 2.76. The molecule has 0 fully saturated rings. The van der Waals surface area contributed by atoms with Crippen LogP contribution in [0.25, 0.3) is 0 Å². The van der Waals surface area contributed by atoms with Crippen LogP contribution in [0, 0.1) is 5.92 Å². The summed E-state index contributed by atoms with van der Waals surface area (Å²) >= 11 is 0. The highest BCUT2D eigenvalue weighted by atomic mass is 16.2. The van der Waals surface area contributed by atoms with Gasteiger partial charge in [0.15, 0.2) is 5.78 Å². The number of benzene rings is 1. The van der Waals surface area contributed by atoms with Crippen LogP contribution in [0.5, 0.6) is 0 Å². The molecule has 0 heterocycles. The average Bonchev–Trinajstić information content (AvgIpc) is 2.43. The molecule has 120 valence electrons. The molecule has 0 aromatic heterocycles. The molecular weight excluding hydrogens is 280 g/mol. The zero-order chi connectivity index (χ0) is 16.7. The number of nitrogens with one attached hydrogen (secondary N) is 1. The summed E-state index contributed by atoms with van der Waals surface area (Å²) in [4.78, 5) is 36.5. The summed E-state index contributed by atoms with van der Waals surface area (Å²) < 4.78 is 0. The van der Waals surface area contributed by atoms with E-state index >= 15 is 0 Å². The van der Waals surface area contributed by atoms with Crippen LogP contribution in [-0.4, -0.2) is 35.6 Å². The molecule has 1 rings (SSSR count). The standard InChI is InChI=1S/C17H24N2O3/c1-12(2)11-19(14(4)21)9-8-17(22)18-16-7-5-6-15(10-16)13(3)20/h5-7,10,12H,8-9,11H2,1-4H3,(H,18,22). The van der Waals surface area contributed by atoms with Crippen LogP contribution in [0.15, 0.2) is 24.3 Å². The Bertz CT molecular complexity index is 553. The van der Waals surface area contributed by atoms with Crippen molar-refractivity contribution in [1.29, 1.82) is 0 Å². The first-order chi connectivity index (χ1) is 10.3. The number of hydrogen-bond donors (Lipinski definition) is 1. The van der Waals surface area contributed by atoms with E-state index in [-0.39, 0.29) is 24.0 Å². The lowest BCUT2D eigenvalue weighted by atomic mass is 10.1. The predicted octanol–water partition coefficient (Wildman–Crippen LogP) is 2.72. The molecular formula is C17H24N2O3. The number of carbonyl (C=O) groups is 3. The number of nitrogens with zero attached hydrogens (tertiary/aromatic N) is 1. The Morgan fingerprint density at radius 2 is 1.86 bits per heavy atom. The number of amides is 2. The van der Waals surface area contributed by atoms with Gasteiger partial charge in [-0.15, -0.1) is 0 Å². The lowest BCUT2D eigenvalue weighted by molar-refractivity contribution is -0.129. The molecule has 0 aliphatic heterocycles. The molecule has 0 radical (unpaired) electrons. The van der Waals surface area contributed by atoms with Crippen molar-refractivity contribution in [3.63, 3.8) is 0 Å². The lowest BCUT2D eigenvalue weighted by Crippen LogP contribution is -2.34. The Morgan fingerprint density at radius 1 is 1.18 bits per heavy atom. The Hall–Kier alpha value is -2.17. The molecule has 0 aliphatic carbocycles. The third-order valence-corrected chi connectivity index (χ3v) is 3.19. The van der Waals surface area contributed by atoms with Gasteiger partial charge in [0, 0.05) is 37.7 Å².